The average Bonchev–Trinajstić information content (AvgIpc) is 3.41. The van der Waals surface area contributed by atoms with Gasteiger partial charge in [0.25, 0.3) is 0 Å². The maximum Gasteiger partial charge on any atom is 0.308 e. The van der Waals surface area contributed by atoms with Gasteiger partial charge in [-0.2, -0.15) is 0 Å². The minimum atomic E-state index is -0.837. The first-order valence-electron chi connectivity index (χ1n) is 12.9. The molecule has 3 heterocycles. The lowest BCUT2D eigenvalue weighted by molar-refractivity contribution is -0.122. The molecule has 12 heteroatoms. The minimum Gasteiger partial charge on any atom is -0.504 e. The van der Waals surface area contributed by atoms with Crippen molar-refractivity contribution in [2.75, 3.05) is 17.3 Å². The Hall–Kier alpha value is -4.06. The van der Waals surface area contributed by atoms with Crippen LogP contribution in [0.1, 0.15) is 21.9 Å². The molecule has 1 aromatic heterocycles. The summed E-state index contributed by atoms with van der Waals surface area (Å²) in [5.41, 5.74) is 2.58. The third-order valence-electron chi connectivity index (χ3n) is 7.33. The Morgan fingerprint density at radius 1 is 1.02 bits per heavy atom. The molecule has 4 aromatic rings. The molecular weight excluding hydrogens is 598 g/mol. The van der Waals surface area contributed by atoms with Crippen molar-refractivity contribution in [3.8, 4) is 11.5 Å². The van der Waals surface area contributed by atoms with E-state index in [-0.39, 0.29) is 28.8 Å². The summed E-state index contributed by atoms with van der Waals surface area (Å²) in [4.78, 5) is 55.6. The molecule has 0 saturated carbocycles. The van der Waals surface area contributed by atoms with Crippen LogP contribution in [0.15, 0.2) is 76.6 Å². The zero-order valence-electron chi connectivity index (χ0n) is 22.4. The highest BCUT2D eigenvalue weighted by molar-refractivity contribution is 8.00. The number of amides is 3. The van der Waals surface area contributed by atoms with E-state index in [1.165, 1.54) is 22.6 Å². The third kappa shape index (κ3) is 4.87. The molecule has 2 N–H and O–H groups in total. The van der Waals surface area contributed by atoms with Crippen molar-refractivity contribution in [3.63, 3.8) is 0 Å². The summed E-state index contributed by atoms with van der Waals surface area (Å²) in [7, 11) is 1.42. The van der Waals surface area contributed by atoms with Crippen LogP contribution in [0.4, 0.5) is 11.4 Å². The van der Waals surface area contributed by atoms with Crippen LogP contribution in [0.25, 0.3) is 0 Å². The third-order valence-corrected chi connectivity index (χ3v) is 10.2. The number of halogens is 1. The summed E-state index contributed by atoms with van der Waals surface area (Å²) in [6, 6.07) is 18.5. The highest BCUT2D eigenvalue weighted by Crippen LogP contribution is 2.54. The summed E-state index contributed by atoms with van der Waals surface area (Å²) in [6.07, 6.45) is 0. The lowest BCUT2D eigenvalue weighted by Gasteiger charge is -2.31. The number of anilines is 2. The molecule has 1 saturated heterocycles. The van der Waals surface area contributed by atoms with Gasteiger partial charge >= 0.3 is 4.87 Å². The van der Waals surface area contributed by atoms with Crippen molar-refractivity contribution in [1.29, 1.82) is 0 Å². The maximum absolute atomic E-state index is 14.0. The van der Waals surface area contributed by atoms with Crippen LogP contribution >= 0.6 is 34.7 Å². The predicted molar refractivity (Wildman–Crippen MR) is 162 cm³/mol. The second kappa shape index (κ2) is 11.0. The topological polar surface area (TPSA) is 118 Å². The van der Waals surface area contributed by atoms with Gasteiger partial charge in [0.2, 0.25) is 17.7 Å². The molecule has 3 amide bonds. The first-order valence-corrected chi connectivity index (χ1v) is 15.0. The van der Waals surface area contributed by atoms with E-state index in [1.807, 2.05) is 19.1 Å². The monoisotopic (exact) mass is 621 g/mol. The average molecular weight is 622 g/mol. The van der Waals surface area contributed by atoms with E-state index in [1.54, 1.807) is 48.5 Å². The van der Waals surface area contributed by atoms with E-state index < -0.39 is 28.9 Å². The first kappa shape index (κ1) is 28.1. The van der Waals surface area contributed by atoms with Gasteiger partial charge < -0.3 is 15.2 Å². The summed E-state index contributed by atoms with van der Waals surface area (Å²) in [5, 5.41) is 13.2. The molecule has 2 aliphatic rings. The number of ether oxygens (including phenoxy) is 1. The molecule has 0 bridgehead atoms. The highest BCUT2D eigenvalue weighted by atomic mass is 35.5. The number of aryl methyl sites for hydroxylation is 1. The summed E-state index contributed by atoms with van der Waals surface area (Å²) < 4.78 is 6.68. The number of phenols is 1. The van der Waals surface area contributed by atoms with Crippen molar-refractivity contribution < 1.29 is 24.2 Å². The fourth-order valence-electron chi connectivity index (χ4n) is 5.33. The number of nitrogens with one attached hydrogen (secondary N) is 1. The van der Waals surface area contributed by atoms with Crippen molar-refractivity contribution >= 4 is 63.8 Å². The number of phenolic OH excluding ortho intramolecular Hbond substituents is 1. The molecule has 9 nitrogen and oxygen atoms in total. The zero-order chi connectivity index (χ0) is 29.7. The van der Waals surface area contributed by atoms with Gasteiger partial charge in [-0.15, -0.1) is 0 Å². The molecule has 3 aromatic carbocycles. The lowest BCUT2D eigenvalue weighted by atomic mass is 9.83. The second-order valence-electron chi connectivity index (χ2n) is 10.00. The number of hydrogen-bond donors (Lipinski definition) is 2. The normalized spacial score (nSPS) is 19.4. The van der Waals surface area contributed by atoms with Gasteiger partial charge in [0, 0.05) is 21.5 Å². The largest absolute Gasteiger partial charge is 0.504 e. The van der Waals surface area contributed by atoms with Gasteiger partial charge in [-0.25, -0.2) is 4.90 Å². The van der Waals surface area contributed by atoms with E-state index in [4.69, 9.17) is 16.3 Å². The molecule has 0 spiro atoms. The van der Waals surface area contributed by atoms with Crippen LogP contribution in [-0.4, -0.2) is 39.8 Å². The Labute approximate surface area is 253 Å². The van der Waals surface area contributed by atoms with Crippen LogP contribution in [0.3, 0.4) is 0 Å². The number of imide groups is 1. The number of aromatic hydroxyl groups is 1. The summed E-state index contributed by atoms with van der Waals surface area (Å²) in [5.74, 6) is -2.59. The molecule has 6 rings (SSSR count). The molecule has 42 heavy (non-hydrogen) atoms. The number of carbonyl (C=O) groups is 3. The Balaban J connectivity index is 1.43. The number of thiazole rings is 1. The van der Waals surface area contributed by atoms with Crippen LogP contribution in [0.5, 0.6) is 11.5 Å². The number of aromatic nitrogens is 1. The van der Waals surface area contributed by atoms with Crippen LogP contribution in [0.2, 0.25) is 5.02 Å². The fourth-order valence-corrected chi connectivity index (χ4v) is 8.23. The number of carbonyl (C=O) groups excluding carboxylic acids is 3. The second-order valence-corrected chi connectivity index (χ2v) is 12.6. The Kier molecular flexibility index (Phi) is 7.34. The number of hydrogen-bond acceptors (Lipinski definition) is 8. The van der Waals surface area contributed by atoms with E-state index >= 15 is 0 Å². The number of methoxy groups -OCH3 is 1. The quantitative estimate of drug-likeness (QED) is 0.290. The van der Waals surface area contributed by atoms with Crippen LogP contribution in [0, 0.1) is 12.8 Å². The van der Waals surface area contributed by atoms with Gasteiger partial charge in [0.15, 0.2) is 11.5 Å². The molecule has 2 unspecified atom stereocenters. The molecular formula is C30H24ClN3O6S2. The van der Waals surface area contributed by atoms with Crippen LogP contribution < -0.4 is 19.8 Å². The van der Waals surface area contributed by atoms with E-state index in [0.29, 0.717) is 31.9 Å². The number of benzene rings is 3. The van der Waals surface area contributed by atoms with Gasteiger partial charge in [-0.1, -0.05) is 58.5 Å². The SMILES string of the molecule is COc1cc([C@@H]2c3sc(=O)n(CC(=O)Nc4ccc(Cl)cc4)c3SC3C(=O)N(c4ccc(C)cc4)C(=O)C32)ccc1O. The zero-order valence-corrected chi connectivity index (χ0v) is 24.8. The van der Waals surface area contributed by atoms with E-state index in [0.717, 1.165) is 28.7 Å². The van der Waals surface area contributed by atoms with Crippen molar-refractivity contribution in [1.82, 2.24) is 4.57 Å². The Morgan fingerprint density at radius 2 is 1.74 bits per heavy atom. The van der Waals surface area contributed by atoms with Crippen LogP contribution in [-0.2, 0) is 20.9 Å². The van der Waals surface area contributed by atoms with Gasteiger partial charge in [-0.05, 0) is 61.0 Å². The molecule has 1 fully saturated rings. The summed E-state index contributed by atoms with van der Waals surface area (Å²) in [6.45, 7) is 1.63. The highest BCUT2D eigenvalue weighted by Gasteiger charge is 2.57. The molecule has 0 radical (unpaired) electrons. The lowest BCUT2D eigenvalue weighted by Crippen LogP contribution is -2.33. The Morgan fingerprint density at radius 3 is 2.43 bits per heavy atom. The van der Waals surface area contributed by atoms with Gasteiger partial charge in [-0.3, -0.25) is 23.7 Å². The maximum atomic E-state index is 14.0. The summed E-state index contributed by atoms with van der Waals surface area (Å²) >= 11 is 8.02. The molecule has 214 valence electrons. The first-order chi connectivity index (χ1) is 20.2. The molecule has 2 aliphatic heterocycles. The predicted octanol–water partition coefficient (Wildman–Crippen LogP) is 5.02. The van der Waals surface area contributed by atoms with E-state index in [2.05, 4.69) is 5.32 Å². The number of nitrogens with zero attached hydrogens (tertiary/aromatic N) is 2. The molecule has 3 atom stereocenters. The van der Waals surface area contributed by atoms with Gasteiger partial charge in [0.1, 0.15) is 11.8 Å². The van der Waals surface area contributed by atoms with Crippen molar-refractivity contribution in [2.45, 2.75) is 29.7 Å². The number of rotatable bonds is 6. The number of thioether (sulfide) groups is 1. The molecule has 0 aliphatic carbocycles. The van der Waals surface area contributed by atoms with Gasteiger partial charge in [0.05, 0.1) is 23.7 Å². The Bertz CT molecular complexity index is 1780. The smallest absolute Gasteiger partial charge is 0.308 e. The standard InChI is InChI=1S/C30H24ClN3O6S2/c1-15-3-10-19(11-4-15)34-27(37)24-23(16-5-12-20(35)21(13-16)40-2)26-29(41-25(24)28(34)38)33(30(39)42-26)14-22(36)32-18-8-6-17(31)7-9-18/h3-13,23-25,35H,14H2,1-2H3,(H,32,36)/t23-,24?,25?/m0/s1. The van der Waals surface area contributed by atoms with Crippen molar-refractivity contribution in [2.24, 2.45) is 5.92 Å². The minimum absolute atomic E-state index is 0.0806. The fraction of sp³-hybridized carbons (Fsp3) is 0.200. The number of fused-ring (bicyclic) bond motifs is 2. The van der Waals surface area contributed by atoms with E-state index in [9.17, 15) is 24.3 Å². The van der Waals surface area contributed by atoms with Crippen molar-refractivity contribution in [3.05, 3.63) is 97.4 Å².